The first-order valence-electron chi connectivity index (χ1n) is 6.86. The quantitative estimate of drug-likeness (QED) is 0.743. The van der Waals surface area contributed by atoms with E-state index < -0.39 is 11.4 Å². The maximum absolute atomic E-state index is 12.3. The first-order chi connectivity index (χ1) is 8.35. The highest BCUT2D eigenvalue weighted by Gasteiger charge is 2.51. The maximum Gasteiger partial charge on any atom is 0.136 e. The van der Waals surface area contributed by atoms with Crippen molar-refractivity contribution < 1.29 is 9.29 Å². The van der Waals surface area contributed by atoms with Crippen LogP contribution < -0.4 is 10.0 Å². The summed E-state index contributed by atoms with van der Waals surface area (Å²) in [5.41, 5.74) is 0.172. The Balaban J connectivity index is 2.08. The lowest BCUT2D eigenvalue weighted by atomic mass is 9.74. The van der Waals surface area contributed by atoms with Gasteiger partial charge in [-0.3, -0.25) is 0 Å². The Kier molecular flexibility index (Phi) is 4.29. The van der Waals surface area contributed by atoms with Gasteiger partial charge in [0.2, 0.25) is 0 Å². The molecule has 2 N–H and O–H groups in total. The Morgan fingerprint density at radius 1 is 1.33 bits per heavy atom. The smallest absolute Gasteiger partial charge is 0.136 e. The maximum atomic E-state index is 12.3. The zero-order valence-corrected chi connectivity index (χ0v) is 12.7. The second-order valence-corrected chi connectivity index (χ2v) is 8.60. The van der Waals surface area contributed by atoms with Crippen LogP contribution in [0.2, 0.25) is 0 Å². The SMILES string of the molecule is C[C@@H]1OCC2(CCNCC2)[C@@H]1N[S@+]([O-])C(C)(C)C. The normalized spacial score (nSPS) is 33.8. The van der Waals surface area contributed by atoms with Crippen LogP contribution >= 0.6 is 0 Å². The molecule has 0 amide bonds. The summed E-state index contributed by atoms with van der Waals surface area (Å²) in [7, 11) is 0. The zero-order valence-electron chi connectivity index (χ0n) is 11.9. The third-order valence-electron chi connectivity index (χ3n) is 4.15. The molecule has 0 aromatic rings. The summed E-state index contributed by atoms with van der Waals surface area (Å²) in [6.45, 7) is 11.0. The fraction of sp³-hybridized carbons (Fsp3) is 1.00. The molecule has 106 valence electrons. The third kappa shape index (κ3) is 2.85. The summed E-state index contributed by atoms with van der Waals surface area (Å²) in [6.07, 6.45) is 2.36. The lowest BCUT2D eigenvalue weighted by Gasteiger charge is -2.39. The molecular formula is C13H26N2O2S. The third-order valence-corrected chi connectivity index (χ3v) is 5.73. The van der Waals surface area contributed by atoms with Gasteiger partial charge in [0.15, 0.2) is 0 Å². The van der Waals surface area contributed by atoms with Crippen LogP contribution in [0, 0.1) is 5.41 Å². The first-order valence-corrected chi connectivity index (χ1v) is 8.00. The highest BCUT2D eigenvalue weighted by Crippen LogP contribution is 2.41. The summed E-state index contributed by atoms with van der Waals surface area (Å²) < 4.78 is 21.3. The Morgan fingerprint density at radius 3 is 2.50 bits per heavy atom. The van der Waals surface area contributed by atoms with Gasteiger partial charge in [0.25, 0.3) is 0 Å². The molecule has 2 aliphatic heterocycles. The number of nitrogens with one attached hydrogen (secondary N) is 2. The minimum absolute atomic E-state index is 0.148. The number of hydrogen-bond donors (Lipinski definition) is 2. The van der Waals surface area contributed by atoms with E-state index in [1.54, 1.807) is 0 Å². The molecule has 0 unspecified atom stereocenters. The van der Waals surface area contributed by atoms with Crippen LogP contribution in [0.5, 0.6) is 0 Å². The van der Waals surface area contributed by atoms with Crippen LogP contribution in [-0.4, -0.2) is 41.1 Å². The van der Waals surface area contributed by atoms with E-state index in [1.807, 2.05) is 20.8 Å². The molecule has 2 aliphatic rings. The molecule has 2 fully saturated rings. The lowest BCUT2D eigenvalue weighted by molar-refractivity contribution is 0.0951. The first kappa shape index (κ1) is 14.6. The predicted octanol–water partition coefficient (Wildman–Crippen LogP) is 1.20. The monoisotopic (exact) mass is 274 g/mol. The van der Waals surface area contributed by atoms with Crippen molar-refractivity contribution in [2.24, 2.45) is 5.41 Å². The number of ether oxygens (including phenoxy) is 1. The summed E-state index contributed by atoms with van der Waals surface area (Å²) in [5.74, 6) is 0. The number of rotatable bonds is 2. The van der Waals surface area contributed by atoms with Gasteiger partial charge in [0, 0.05) is 16.8 Å². The largest absolute Gasteiger partial charge is 0.598 e. The highest BCUT2D eigenvalue weighted by atomic mass is 32.2. The summed E-state index contributed by atoms with van der Waals surface area (Å²) in [6, 6.07) is 0.208. The molecule has 0 bridgehead atoms. The zero-order chi connectivity index (χ0) is 13.4. The van der Waals surface area contributed by atoms with Gasteiger partial charge in [-0.05, 0) is 53.6 Å². The minimum atomic E-state index is -1.03. The Morgan fingerprint density at radius 2 is 1.94 bits per heavy atom. The van der Waals surface area contributed by atoms with Crippen molar-refractivity contribution in [2.75, 3.05) is 19.7 Å². The van der Waals surface area contributed by atoms with E-state index >= 15 is 0 Å². The Labute approximate surface area is 114 Å². The molecule has 3 atom stereocenters. The van der Waals surface area contributed by atoms with Gasteiger partial charge in [0.05, 0.1) is 18.8 Å². The van der Waals surface area contributed by atoms with E-state index in [0.717, 1.165) is 32.5 Å². The fourth-order valence-electron chi connectivity index (χ4n) is 2.87. The molecule has 4 nitrogen and oxygen atoms in total. The molecule has 2 saturated heterocycles. The van der Waals surface area contributed by atoms with E-state index in [9.17, 15) is 4.55 Å². The number of hydrogen-bond acceptors (Lipinski definition) is 4. The van der Waals surface area contributed by atoms with Crippen molar-refractivity contribution in [3.8, 4) is 0 Å². The molecule has 0 aromatic carbocycles. The van der Waals surface area contributed by atoms with Crippen molar-refractivity contribution in [1.29, 1.82) is 0 Å². The summed E-state index contributed by atoms with van der Waals surface area (Å²) in [4.78, 5) is 0. The second kappa shape index (κ2) is 5.29. The van der Waals surface area contributed by atoms with Crippen molar-refractivity contribution >= 4 is 11.4 Å². The van der Waals surface area contributed by atoms with E-state index in [-0.39, 0.29) is 22.3 Å². The van der Waals surface area contributed by atoms with E-state index in [0.29, 0.717) is 0 Å². The molecule has 2 rings (SSSR count). The van der Waals surface area contributed by atoms with Gasteiger partial charge in [0.1, 0.15) is 4.75 Å². The van der Waals surface area contributed by atoms with Crippen molar-refractivity contribution in [3.05, 3.63) is 0 Å². The van der Waals surface area contributed by atoms with Gasteiger partial charge in [-0.25, -0.2) is 0 Å². The number of piperidine rings is 1. The molecule has 18 heavy (non-hydrogen) atoms. The second-order valence-electron chi connectivity index (χ2n) is 6.61. The van der Waals surface area contributed by atoms with Gasteiger partial charge in [-0.15, -0.1) is 4.72 Å². The topological polar surface area (TPSA) is 56.3 Å². The van der Waals surface area contributed by atoms with Gasteiger partial charge in [-0.2, -0.15) is 0 Å². The molecule has 0 radical (unpaired) electrons. The molecular weight excluding hydrogens is 248 g/mol. The average molecular weight is 274 g/mol. The fourth-order valence-corrected chi connectivity index (χ4v) is 3.90. The molecule has 0 aromatic heterocycles. The molecule has 0 aliphatic carbocycles. The lowest BCUT2D eigenvalue weighted by Crippen LogP contribution is -2.56. The standard InChI is InChI=1S/C13H26N2O2S/c1-10-11(15-18(16)12(2,3)4)13(9-17-10)5-7-14-8-6-13/h10-11,14-15H,5-9H2,1-4H3/t10-,11+,18+/m0/s1. The minimum Gasteiger partial charge on any atom is -0.598 e. The summed E-state index contributed by atoms with van der Waals surface area (Å²) >= 11 is -1.03. The molecule has 1 spiro atoms. The van der Waals surface area contributed by atoms with Crippen molar-refractivity contribution in [3.63, 3.8) is 0 Å². The van der Waals surface area contributed by atoms with E-state index in [4.69, 9.17) is 4.74 Å². The Hall–Kier alpha value is 0.190. The van der Waals surface area contributed by atoms with Crippen LogP contribution in [0.25, 0.3) is 0 Å². The van der Waals surface area contributed by atoms with Crippen LogP contribution in [0.4, 0.5) is 0 Å². The van der Waals surface area contributed by atoms with E-state index in [2.05, 4.69) is 17.0 Å². The molecule has 2 heterocycles. The Bertz CT molecular complexity index is 282. The van der Waals surface area contributed by atoms with Crippen LogP contribution in [0.3, 0.4) is 0 Å². The molecule has 0 saturated carbocycles. The highest BCUT2D eigenvalue weighted by molar-refractivity contribution is 7.90. The van der Waals surface area contributed by atoms with Gasteiger partial charge >= 0.3 is 0 Å². The predicted molar refractivity (Wildman–Crippen MR) is 74.8 cm³/mol. The van der Waals surface area contributed by atoms with Crippen LogP contribution in [-0.2, 0) is 16.1 Å². The van der Waals surface area contributed by atoms with Crippen LogP contribution in [0.1, 0.15) is 40.5 Å². The molecule has 5 heteroatoms. The van der Waals surface area contributed by atoms with Crippen LogP contribution in [0.15, 0.2) is 0 Å². The summed E-state index contributed by atoms with van der Waals surface area (Å²) in [5, 5.41) is 3.40. The average Bonchev–Trinajstić information content (AvgIpc) is 2.58. The van der Waals surface area contributed by atoms with Gasteiger partial charge in [-0.1, -0.05) is 0 Å². The van der Waals surface area contributed by atoms with E-state index in [1.165, 1.54) is 0 Å². The van der Waals surface area contributed by atoms with Crippen molar-refractivity contribution in [2.45, 2.75) is 57.4 Å². The van der Waals surface area contributed by atoms with Gasteiger partial charge < -0.3 is 14.6 Å². The van der Waals surface area contributed by atoms with Crippen molar-refractivity contribution in [1.82, 2.24) is 10.0 Å².